The van der Waals surface area contributed by atoms with Gasteiger partial charge in [-0.25, -0.2) is 0 Å². The van der Waals surface area contributed by atoms with Crippen LogP contribution in [0.1, 0.15) is 18.6 Å². The van der Waals surface area contributed by atoms with Gasteiger partial charge in [0, 0.05) is 10.0 Å². The molecule has 0 saturated carbocycles. The van der Waals surface area contributed by atoms with Crippen molar-refractivity contribution in [2.24, 2.45) is 0 Å². The second kappa shape index (κ2) is 7.24. The van der Waals surface area contributed by atoms with Crippen LogP contribution in [-0.4, -0.2) is 17.6 Å². The first-order valence-corrected chi connectivity index (χ1v) is 7.31. The Hall–Kier alpha value is -1.85. The number of para-hydroxylation sites is 2. The SMILES string of the molecule is C[C@H](O)c1ccccc1OCC(=O)Nc1ccccc1Br. The van der Waals surface area contributed by atoms with Gasteiger partial charge in [0.1, 0.15) is 5.75 Å². The molecule has 0 bridgehead atoms. The lowest BCUT2D eigenvalue weighted by atomic mass is 10.1. The molecule has 2 rings (SSSR count). The number of aliphatic hydroxyl groups is 1. The zero-order valence-electron chi connectivity index (χ0n) is 11.5. The minimum absolute atomic E-state index is 0.120. The average Bonchev–Trinajstić information content (AvgIpc) is 2.48. The van der Waals surface area contributed by atoms with Crippen molar-refractivity contribution in [3.05, 3.63) is 58.6 Å². The quantitative estimate of drug-likeness (QED) is 0.868. The second-order valence-electron chi connectivity index (χ2n) is 4.53. The summed E-state index contributed by atoms with van der Waals surface area (Å²) in [5.74, 6) is 0.247. The number of amides is 1. The number of carbonyl (C=O) groups excluding carboxylic acids is 1. The molecular weight excluding hydrogens is 334 g/mol. The van der Waals surface area contributed by atoms with E-state index in [2.05, 4.69) is 21.2 Å². The van der Waals surface area contributed by atoms with Crippen molar-refractivity contribution >= 4 is 27.5 Å². The Morgan fingerprint density at radius 3 is 2.62 bits per heavy atom. The van der Waals surface area contributed by atoms with Gasteiger partial charge in [-0.2, -0.15) is 0 Å². The van der Waals surface area contributed by atoms with Gasteiger partial charge >= 0.3 is 0 Å². The van der Waals surface area contributed by atoms with Crippen LogP contribution in [0, 0.1) is 0 Å². The van der Waals surface area contributed by atoms with Crippen molar-refractivity contribution in [2.75, 3.05) is 11.9 Å². The molecule has 110 valence electrons. The van der Waals surface area contributed by atoms with E-state index >= 15 is 0 Å². The van der Waals surface area contributed by atoms with Crippen molar-refractivity contribution in [3.63, 3.8) is 0 Å². The topological polar surface area (TPSA) is 58.6 Å². The lowest BCUT2D eigenvalue weighted by Crippen LogP contribution is -2.20. The number of carbonyl (C=O) groups is 1. The minimum Gasteiger partial charge on any atom is -0.483 e. The van der Waals surface area contributed by atoms with Crippen molar-refractivity contribution < 1.29 is 14.6 Å². The summed E-state index contributed by atoms with van der Waals surface area (Å²) in [6.45, 7) is 1.54. The summed E-state index contributed by atoms with van der Waals surface area (Å²) < 4.78 is 6.29. The van der Waals surface area contributed by atoms with Crippen LogP contribution < -0.4 is 10.1 Å². The number of hydrogen-bond acceptors (Lipinski definition) is 3. The molecule has 0 saturated heterocycles. The Bertz CT molecular complexity index is 628. The molecule has 21 heavy (non-hydrogen) atoms. The maximum absolute atomic E-state index is 11.9. The minimum atomic E-state index is -0.646. The predicted octanol–water partition coefficient (Wildman–Crippen LogP) is 3.52. The first-order chi connectivity index (χ1) is 10.1. The molecule has 0 radical (unpaired) electrons. The predicted molar refractivity (Wildman–Crippen MR) is 85.3 cm³/mol. The Balaban J connectivity index is 1.97. The third-order valence-electron chi connectivity index (χ3n) is 2.88. The molecule has 0 heterocycles. The van der Waals surface area contributed by atoms with E-state index in [1.165, 1.54) is 0 Å². The lowest BCUT2D eigenvalue weighted by Gasteiger charge is -2.13. The summed E-state index contributed by atoms with van der Waals surface area (Å²) in [6.07, 6.45) is -0.646. The van der Waals surface area contributed by atoms with Crippen molar-refractivity contribution in [3.8, 4) is 5.75 Å². The number of rotatable bonds is 5. The molecule has 2 aromatic rings. The number of nitrogens with one attached hydrogen (secondary N) is 1. The van der Waals surface area contributed by atoms with Gasteiger partial charge in [0.15, 0.2) is 6.61 Å². The van der Waals surface area contributed by atoms with E-state index in [0.29, 0.717) is 17.0 Å². The molecule has 0 fully saturated rings. The van der Waals surface area contributed by atoms with E-state index in [4.69, 9.17) is 4.74 Å². The summed E-state index contributed by atoms with van der Waals surface area (Å²) in [6, 6.07) is 14.5. The van der Waals surface area contributed by atoms with E-state index in [1.807, 2.05) is 24.3 Å². The largest absolute Gasteiger partial charge is 0.483 e. The van der Waals surface area contributed by atoms with Gasteiger partial charge in [0.05, 0.1) is 11.8 Å². The zero-order valence-corrected chi connectivity index (χ0v) is 13.1. The van der Waals surface area contributed by atoms with Crippen LogP contribution in [0.2, 0.25) is 0 Å². The first kappa shape index (κ1) is 15.5. The summed E-state index contributed by atoms with van der Waals surface area (Å²) in [5.41, 5.74) is 1.35. The summed E-state index contributed by atoms with van der Waals surface area (Å²) in [5, 5.41) is 12.4. The van der Waals surface area contributed by atoms with E-state index in [-0.39, 0.29) is 12.5 Å². The number of hydrogen-bond donors (Lipinski definition) is 2. The Morgan fingerprint density at radius 1 is 1.24 bits per heavy atom. The van der Waals surface area contributed by atoms with Gasteiger partial charge in [-0.05, 0) is 41.1 Å². The molecule has 0 unspecified atom stereocenters. The number of benzene rings is 2. The highest BCUT2D eigenvalue weighted by Crippen LogP contribution is 2.25. The Kier molecular flexibility index (Phi) is 5.36. The standard InChI is InChI=1S/C16H16BrNO3/c1-11(19)12-6-2-5-9-15(12)21-10-16(20)18-14-8-4-3-7-13(14)17/h2-9,11,19H,10H2,1H3,(H,18,20)/t11-/m0/s1. The Morgan fingerprint density at radius 2 is 1.90 bits per heavy atom. The smallest absolute Gasteiger partial charge is 0.262 e. The monoisotopic (exact) mass is 349 g/mol. The van der Waals surface area contributed by atoms with Crippen LogP contribution in [0.15, 0.2) is 53.0 Å². The number of ether oxygens (including phenoxy) is 1. The molecule has 0 aliphatic rings. The van der Waals surface area contributed by atoms with Crippen molar-refractivity contribution in [2.45, 2.75) is 13.0 Å². The zero-order chi connectivity index (χ0) is 15.2. The van der Waals surface area contributed by atoms with Crippen molar-refractivity contribution in [1.29, 1.82) is 0 Å². The summed E-state index contributed by atoms with van der Waals surface area (Å²) in [4.78, 5) is 11.9. The second-order valence-corrected chi connectivity index (χ2v) is 5.38. The van der Waals surface area contributed by atoms with E-state index in [0.717, 1.165) is 4.47 Å². The Labute approximate surface area is 131 Å². The van der Waals surface area contributed by atoms with E-state index < -0.39 is 6.10 Å². The van der Waals surface area contributed by atoms with Gasteiger partial charge in [-0.15, -0.1) is 0 Å². The fourth-order valence-corrected chi connectivity index (χ4v) is 2.23. The number of aliphatic hydroxyl groups excluding tert-OH is 1. The maximum Gasteiger partial charge on any atom is 0.262 e. The van der Waals surface area contributed by atoms with Crippen LogP contribution in [0.5, 0.6) is 5.75 Å². The van der Waals surface area contributed by atoms with Crippen LogP contribution in [-0.2, 0) is 4.79 Å². The fourth-order valence-electron chi connectivity index (χ4n) is 1.85. The number of halogens is 1. The van der Waals surface area contributed by atoms with Gasteiger partial charge in [-0.3, -0.25) is 4.79 Å². The van der Waals surface area contributed by atoms with Crippen molar-refractivity contribution in [1.82, 2.24) is 0 Å². The first-order valence-electron chi connectivity index (χ1n) is 6.52. The van der Waals surface area contributed by atoms with Gasteiger partial charge in [0.2, 0.25) is 0 Å². The molecule has 0 aliphatic heterocycles. The van der Waals surface area contributed by atoms with Gasteiger partial charge in [0.25, 0.3) is 5.91 Å². The lowest BCUT2D eigenvalue weighted by molar-refractivity contribution is -0.118. The third kappa shape index (κ3) is 4.31. The number of anilines is 1. The van der Waals surface area contributed by atoms with Crippen LogP contribution >= 0.6 is 15.9 Å². The molecule has 5 heteroatoms. The normalized spacial score (nSPS) is 11.8. The molecule has 2 N–H and O–H groups in total. The molecule has 4 nitrogen and oxygen atoms in total. The molecule has 2 aromatic carbocycles. The third-order valence-corrected chi connectivity index (χ3v) is 3.57. The summed E-state index contributed by atoms with van der Waals surface area (Å²) in [7, 11) is 0. The fraction of sp³-hybridized carbons (Fsp3) is 0.188. The van der Waals surface area contributed by atoms with Gasteiger partial charge in [-0.1, -0.05) is 30.3 Å². The molecule has 1 amide bonds. The van der Waals surface area contributed by atoms with Crippen LogP contribution in [0.4, 0.5) is 5.69 Å². The van der Waals surface area contributed by atoms with Crippen LogP contribution in [0.25, 0.3) is 0 Å². The summed E-state index contributed by atoms with van der Waals surface area (Å²) >= 11 is 3.36. The van der Waals surface area contributed by atoms with E-state index in [9.17, 15) is 9.90 Å². The van der Waals surface area contributed by atoms with Gasteiger partial charge < -0.3 is 15.2 Å². The maximum atomic E-state index is 11.9. The molecule has 0 aliphatic carbocycles. The molecule has 1 atom stereocenters. The highest BCUT2D eigenvalue weighted by Gasteiger charge is 2.11. The van der Waals surface area contributed by atoms with E-state index in [1.54, 1.807) is 31.2 Å². The highest BCUT2D eigenvalue weighted by atomic mass is 79.9. The van der Waals surface area contributed by atoms with Crippen LogP contribution in [0.3, 0.4) is 0 Å². The molecular formula is C16H16BrNO3. The average molecular weight is 350 g/mol. The molecule has 0 spiro atoms. The highest BCUT2D eigenvalue weighted by molar-refractivity contribution is 9.10. The molecule has 0 aromatic heterocycles.